The molecule has 34 heteroatoms. The van der Waals surface area contributed by atoms with Crippen LogP contribution in [0.2, 0.25) is 0 Å². The van der Waals surface area contributed by atoms with Crippen LogP contribution in [0.3, 0.4) is 0 Å². The molecule has 0 saturated heterocycles. The largest absolute Gasteiger partial charge is 0.481 e. The van der Waals surface area contributed by atoms with Gasteiger partial charge in [-0.25, -0.2) is 4.79 Å². The van der Waals surface area contributed by atoms with Gasteiger partial charge in [-0.05, 0) is 36.8 Å². The van der Waals surface area contributed by atoms with E-state index < -0.39 is 225 Å². The number of aliphatic carboxylic acids is 7. The standard InChI is InChI=1S/C29H37N5O13.C20H30N4O12/c1-14(2)24(33-28(46)18(9-10-21(37)38)32-27(45)17(30)11-22(39)40)29(47)34(15(3)35)19(12-23(41)42)25(43)20(36)13-31-26(44)16-7-5-4-6-8-16;1-8(2)16(19(34)24(9(3)25)12(20(35)36)7-15(30)31)23-18(33)11(4-5-13(26)27)22-17(32)10(21)6-14(28)29/h4-8,14,17-19,24H,9-13,30H2,1-3H3,(H,31,44)(H,32,45)(H,33,46)(H,37,38)(H,39,40)(H,41,42);8,10-12,16H,4-7,21H2,1-3H3,(H,22,32)(H,23,33)(H,26,27)(H,28,29)(H,30,31)(H,35,36). The van der Waals surface area contributed by atoms with E-state index in [9.17, 15) is 96.5 Å². The van der Waals surface area contributed by atoms with Crippen LogP contribution in [0.15, 0.2) is 30.3 Å². The highest BCUT2D eigenvalue weighted by Gasteiger charge is 2.43. The molecule has 0 aliphatic rings. The van der Waals surface area contributed by atoms with Crippen molar-refractivity contribution >= 4 is 107 Å². The highest BCUT2D eigenvalue weighted by atomic mass is 16.4. The minimum atomic E-state index is -2.19. The van der Waals surface area contributed by atoms with Crippen molar-refractivity contribution in [3.63, 3.8) is 0 Å². The van der Waals surface area contributed by atoms with E-state index in [1.54, 1.807) is 18.2 Å². The average molecular weight is 1180 g/mol. The van der Waals surface area contributed by atoms with Gasteiger partial charge in [0, 0.05) is 32.3 Å². The van der Waals surface area contributed by atoms with E-state index in [4.69, 9.17) is 37.0 Å². The SMILES string of the molecule is CC(=O)N(C(=O)C(NC(=O)C(CCC(=O)O)NC(=O)C(N)CC(=O)O)C(C)C)C(CC(=O)O)C(=O)C(=O)CNC(=O)c1ccccc1.CC(=O)N(C(=O)C(NC(=O)C(CCC(=O)O)NC(=O)C(N)CC(=O)O)C(C)C)C(CC(=O)O)C(=O)O. The van der Waals surface area contributed by atoms with Crippen LogP contribution < -0.4 is 38.1 Å². The van der Waals surface area contributed by atoms with Crippen molar-refractivity contribution < 1.29 is 122 Å². The quantitative estimate of drug-likeness (QED) is 0.0290. The van der Waals surface area contributed by atoms with Crippen LogP contribution in [0.4, 0.5) is 0 Å². The van der Waals surface area contributed by atoms with Crippen molar-refractivity contribution in [3.05, 3.63) is 35.9 Å². The maximum atomic E-state index is 13.7. The number of nitrogens with zero attached hydrogens (tertiary/aromatic N) is 2. The third kappa shape index (κ3) is 26.0. The van der Waals surface area contributed by atoms with E-state index in [-0.39, 0.29) is 15.4 Å². The van der Waals surface area contributed by atoms with Gasteiger partial charge < -0.3 is 73.8 Å². The molecule has 0 aromatic heterocycles. The number of rotatable bonds is 34. The zero-order chi connectivity index (χ0) is 64.3. The molecular weight excluding hydrogens is 1110 g/mol. The van der Waals surface area contributed by atoms with Gasteiger partial charge in [-0.1, -0.05) is 45.9 Å². The zero-order valence-electron chi connectivity index (χ0n) is 45.6. The van der Waals surface area contributed by atoms with Crippen LogP contribution in [0.5, 0.6) is 0 Å². The van der Waals surface area contributed by atoms with Crippen molar-refractivity contribution in [2.45, 2.75) is 141 Å². The van der Waals surface area contributed by atoms with Gasteiger partial charge in [0.2, 0.25) is 47.0 Å². The molecule has 83 heavy (non-hydrogen) atoms. The van der Waals surface area contributed by atoms with E-state index in [0.717, 1.165) is 13.8 Å². The average Bonchev–Trinajstić information content (AvgIpc) is 3.40. The molecule has 1 rings (SSSR count). The van der Waals surface area contributed by atoms with Gasteiger partial charge in [0.15, 0.2) is 0 Å². The number of hydrogen-bond donors (Lipinski definition) is 14. The van der Waals surface area contributed by atoms with E-state index >= 15 is 0 Å². The second kappa shape index (κ2) is 35.2. The van der Waals surface area contributed by atoms with Gasteiger partial charge in [-0.2, -0.15) is 0 Å². The molecule has 8 atom stereocenters. The summed E-state index contributed by atoms with van der Waals surface area (Å²) in [6.45, 7) is 6.36. The van der Waals surface area contributed by atoms with E-state index in [2.05, 4.69) is 26.6 Å². The Hall–Kier alpha value is -9.60. The molecule has 0 radical (unpaired) electrons. The number of imide groups is 2. The normalized spacial score (nSPS) is 13.6. The fourth-order valence-electron chi connectivity index (χ4n) is 7.13. The second-order valence-corrected chi connectivity index (χ2v) is 18.7. The molecular formula is C49H67N9O25. The van der Waals surface area contributed by atoms with E-state index in [1.165, 1.54) is 39.8 Å². The summed E-state index contributed by atoms with van der Waals surface area (Å²) in [5.41, 5.74) is 11.1. The first-order chi connectivity index (χ1) is 38.4. The summed E-state index contributed by atoms with van der Waals surface area (Å²) in [4.78, 5) is 219. The number of hydrogen-bond acceptors (Lipinski definition) is 20. The predicted octanol–water partition coefficient (Wildman–Crippen LogP) is -4.35. The van der Waals surface area contributed by atoms with Crippen LogP contribution in [-0.4, -0.2) is 207 Å². The zero-order valence-corrected chi connectivity index (χ0v) is 45.6. The van der Waals surface area contributed by atoms with Crippen molar-refractivity contribution in [1.82, 2.24) is 36.4 Å². The van der Waals surface area contributed by atoms with E-state index in [0.29, 0.717) is 0 Å². The lowest BCUT2D eigenvalue weighted by Crippen LogP contribution is -2.61. The lowest BCUT2D eigenvalue weighted by atomic mass is 9.97. The third-order valence-electron chi connectivity index (χ3n) is 11.3. The molecule has 16 N–H and O–H groups in total. The highest BCUT2D eigenvalue weighted by Crippen LogP contribution is 2.17. The molecule has 0 aliphatic carbocycles. The number of nitrogens with one attached hydrogen (secondary N) is 5. The predicted molar refractivity (Wildman–Crippen MR) is 275 cm³/mol. The van der Waals surface area contributed by atoms with Crippen molar-refractivity contribution in [1.29, 1.82) is 0 Å². The summed E-state index contributed by atoms with van der Waals surface area (Å²) in [5, 5.41) is 74.4. The molecule has 0 fully saturated rings. The molecule has 1 aromatic rings. The fourth-order valence-corrected chi connectivity index (χ4v) is 7.13. The Balaban J connectivity index is 0.00000168. The molecule has 0 saturated carbocycles. The Morgan fingerprint density at radius 2 is 0.819 bits per heavy atom. The van der Waals surface area contributed by atoms with Gasteiger partial charge in [-0.3, -0.25) is 91.3 Å². The summed E-state index contributed by atoms with van der Waals surface area (Å²) in [6.07, 6.45) is -6.24. The highest BCUT2D eigenvalue weighted by molar-refractivity contribution is 6.41. The number of carboxylic acid groups (broad SMARTS) is 7. The summed E-state index contributed by atoms with van der Waals surface area (Å²) in [6, 6.07) is -6.44. The fraction of sp³-hybridized carbons (Fsp3) is 0.510. The van der Waals surface area contributed by atoms with Crippen LogP contribution in [0.25, 0.3) is 0 Å². The summed E-state index contributed by atoms with van der Waals surface area (Å²) < 4.78 is 0. The van der Waals surface area contributed by atoms with Crippen molar-refractivity contribution in [3.8, 4) is 0 Å². The van der Waals surface area contributed by atoms with Gasteiger partial charge in [0.05, 0.1) is 44.3 Å². The summed E-state index contributed by atoms with van der Waals surface area (Å²) in [5.74, 6) is -25.2. The first kappa shape index (κ1) is 73.4. The lowest BCUT2D eigenvalue weighted by molar-refractivity contribution is -0.161. The molecule has 458 valence electrons. The second-order valence-electron chi connectivity index (χ2n) is 18.7. The number of amides is 9. The Morgan fingerprint density at radius 1 is 0.470 bits per heavy atom. The minimum absolute atomic E-state index is 0.146. The van der Waals surface area contributed by atoms with Crippen LogP contribution >= 0.6 is 0 Å². The number of Topliss-reactive ketones (excluding diaryl/α,β-unsaturated/α-hetero) is 2. The molecule has 8 unspecified atom stereocenters. The number of ketones is 2. The molecule has 0 heterocycles. The topological polar surface area (TPSA) is 568 Å². The van der Waals surface area contributed by atoms with Gasteiger partial charge >= 0.3 is 41.8 Å². The molecule has 34 nitrogen and oxygen atoms in total. The van der Waals surface area contributed by atoms with Crippen molar-refractivity contribution in [2.24, 2.45) is 23.3 Å². The van der Waals surface area contributed by atoms with Gasteiger partial charge in [0.1, 0.15) is 36.3 Å². The first-order valence-corrected chi connectivity index (χ1v) is 24.7. The van der Waals surface area contributed by atoms with Crippen molar-refractivity contribution in [2.75, 3.05) is 6.54 Å². The monoisotopic (exact) mass is 1180 g/mol. The maximum Gasteiger partial charge on any atom is 0.327 e. The first-order valence-electron chi connectivity index (χ1n) is 24.7. The molecule has 0 bridgehead atoms. The summed E-state index contributed by atoms with van der Waals surface area (Å²) in [7, 11) is 0. The number of nitrogens with two attached hydrogens (primary N) is 2. The summed E-state index contributed by atoms with van der Waals surface area (Å²) >= 11 is 0. The number of carbonyl (C=O) groups is 18. The van der Waals surface area contributed by atoms with Gasteiger partial charge in [-0.15, -0.1) is 0 Å². The molecule has 1 aromatic carbocycles. The Kier molecular flexibility index (Phi) is 31.1. The third-order valence-corrected chi connectivity index (χ3v) is 11.3. The molecule has 9 amide bonds. The van der Waals surface area contributed by atoms with Gasteiger partial charge in [0.25, 0.3) is 17.7 Å². The molecule has 0 spiro atoms. The number of carbonyl (C=O) groups excluding carboxylic acids is 11. The Bertz CT molecular complexity index is 2640. The Morgan fingerprint density at radius 3 is 1.13 bits per heavy atom. The van der Waals surface area contributed by atoms with E-state index in [1.807, 2.05) is 0 Å². The minimum Gasteiger partial charge on any atom is -0.481 e. The maximum absolute atomic E-state index is 13.7. The number of carboxylic acids is 7. The Labute approximate surface area is 471 Å². The van der Waals surface area contributed by atoms with Crippen LogP contribution in [0.1, 0.15) is 103 Å². The molecule has 0 aliphatic heterocycles. The van der Waals surface area contributed by atoms with Crippen LogP contribution in [-0.2, 0) is 81.5 Å². The van der Waals surface area contributed by atoms with Crippen LogP contribution in [0, 0.1) is 11.8 Å². The number of benzene rings is 1. The lowest BCUT2D eigenvalue weighted by Gasteiger charge is -2.33. The smallest absolute Gasteiger partial charge is 0.327 e.